The van der Waals surface area contributed by atoms with Gasteiger partial charge in [-0.25, -0.2) is 5.06 Å². The predicted molar refractivity (Wildman–Crippen MR) is 91.7 cm³/mol. The molecule has 0 aliphatic carbocycles. The smallest absolute Gasteiger partial charge is 0.137 e. The first-order valence-electron chi connectivity index (χ1n) is 7.58. The van der Waals surface area contributed by atoms with Gasteiger partial charge in [0.2, 0.25) is 0 Å². The summed E-state index contributed by atoms with van der Waals surface area (Å²) in [6.45, 7) is 2.49. The maximum Gasteiger partial charge on any atom is 0.137 e. The molecule has 1 aromatic carbocycles. The van der Waals surface area contributed by atoms with Gasteiger partial charge in [-0.1, -0.05) is 47.5 Å². The van der Waals surface area contributed by atoms with Gasteiger partial charge in [-0.2, -0.15) is 0 Å². The van der Waals surface area contributed by atoms with Crippen LogP contribution in [0, 0.1) is 0 Å². The normalized spacial score (nSPS) is 22.7. The molecule has 0 spiro atoms. The van der Waals surface area contributed by atoms with Crippen molar-refractivity contribution in [3.8, 4) is 0 Å². The van der Waals surface area contributed by atoms with Gasteiger partial charge in [0.1, 0.15) is 5.16 Å². The zero-order chi connectivity index (χ0) is 15.5. The molecule has 1 saturated heterocycles. The van der Waals surface area contributed by atoms with Gasteiger partial charge in [-0.05, 0) is 44.1 Å². The summed E-state index contributed by atoms with van der Waals surface area (Å²) < 4.78 is 0. The number of hydrogen-bond donors (Lipinski definition) is 0. The molecule has 5 heteroatoms. The van der Waals surface area contributed by atoms with Gasteiger partial charge in [0.25, 0.3) is 0 Å². The van der Waals surface area contributed by atoms with Crippen LogP contribution >= 0.6 is 23.2 Å². The molecule has 0 unspecified atom stereocenters. The van der Waals surface area contributed by atoms with E-state index in [2.05, 4.69) is 18.0 Å². The summed E-state index contributed by atoms with van der Waals surface area (Å²) in [5.74, 6) is 0. The fourth-order valence-electron chi connectivity index (χ4n) is 2.87. The molecule has 0 radical (unpaired) electrons. The first kappa shape index (κ1) is 15.9. The fourth-order valence-corrected chi connectivity index (χ4v) is 3.29. The maximum absolute atomic E-state index is 6.53. The van der Waals surface area contributed by atoms with Crippen molar-refractivity contribution in [1.82, 2.24) is 9.96 Å². The number of rotatable bonds is 4. The molecule has 0 bridgehead atoms. The lowest BCUT2D eigenvalue weighted by Gasteiger charge is -2.29. The Hall–Kier alpha value is -1.000. The van der Waals surface area contributed by atoms with Crippen molar-refractivity contribution >= 4 is 28.8 Å². The number of allylic oxidation sites excluding steroid dienone is 2. The van der Waals surface area contributed by atoms with E-state index < -0.39 is 0 Å². The van der Waals surface area contributed by atoms with E-state index in [1.165, 1.54) is 12.8 Å². The fraction of sp³-hybridized carbons (Fsp3) is 0.412. The Labute approximate surface area is 141 Å². The van der Waals surface area contributed by atoms with Crippen LogP contribution in [0.4, 0.5) is 0 Å². The highest BCUT2D eigenvalue weighted by molar-refractivity contribution is 6.33. The van der Waals surface area contributed by atoms with E-state index in [9.17, 15) is 0 Å². The van der Waals surface area contributed by atoms with E-state index in [4.69, 9.17) is 28.0 Å². The Bertz CT molecular complexity index is 583. The van der Waals surface area contributed by atoms with Gasteiger partial charge < -0.3 is 4.90 Å². The molecule has 2 heterocycles. The van der Waals surface area contributed by atoms with Gasteiger partial charge in [0.05, 0.1) is 13.2 Å². The number of nitrogens with zero attached hydrogens (tertiary/aromatic N) is 2. The molecule has 0 saturated carbocycles. The molecular formula is C17H20Cl2N2O. The lowest BCUT2D eigenvalue weighted by molar-refractivity contribution is -0.130. The second kappa shape index (κ2) is 7.05. The largest absolute Gasteiger partial charge is 0.301 e. The number of benzene rings is 1. The van der Waals surface area contributed by atoms with Gasteiger partial charge in [-0.15, -0.1) is 0 Å². The third-order valence-electron chi connectivity index (χ3n) is 4.25. The van der Waals surface area contributed by atoms with Crippen LogP contribution in [-0.4, -0.2) is 42.7 Å². The quantitative estimate of drug-likeness (QED) is 0.767. The van der Waals surface area contributed by atoms with E-state index in [0.29, 0.717) is 24.3 Å². The Morgan fingerprint density at radius 2 is 2.00 bits per heavy atom. The summed E-state index contributed by atoms with van der Waals surface area (Å²) in [4.78, 5) is 8.29. The van der Waals surface area contributed by atoms with Crippen molar-refractivity contribution < 1.29 is 4.84 Å². The summed E-state index contributed by atoms with van der Waals surface area (Å²) in [6, 6.07) is 8.16. The minimum atomic E-state index is 0.481. The molecule has 2 aliphatic heterocycles. The highest BCUT2D eigenvalue weighted by atomic mass is 35.5. The van der Waals surface area contributed by atoms with Crippen LogP contribution in [0.2, 0.25) is 5.02 Å². The van der Waals surface area contributed by atoms with Crippen LogP contribution in [0.5, 0.6) is 0 Å². The van der Waals surface area contributed by atoms with Crippen LogP contribution in [0.3, 0.4) is 0 Å². The van der Waals surface area contributed by atoms with Crippen LogP contribution in [-0.2, 0) is 4.84 Å². The summed E-state index contributed by atoms with van der Waals surface area (Å²) in [7, 11) is 2.15. The van der Waals surface area contributed by atoms with Gasteiger partial charge >= 0.3 is 0 Å². The van der Waals surface area contributed by atoms with Crippen molar-refractivity contribution in [2.24, 2.45) is 0 Å². The Balaban J connectivity index is 1.70. The Morgan fingerprint density at radius 1 is 1.23 bits per heavy atom. The summed E-state index contributed by atoms with van der Waals surface area (Å²) >= 11 is 12.5. The number of hydrogen-bond acceptors (Lipinski definition) is 3. The van der Waals surface area contributed by atoms with Crippen molar-refractivity contribution in [2.45, 2.75) is 18.9 Å². The Kier molecular flexibility index (Phi) is 5.09. The van der Waals surface area contributed by atoms with Gasteiger partial charge in [0.15, 0.2) is 0 Å². The van der Waals surface area contributed by atoms with E-state index in [1.807, 2.05) is 30.3 Å². The molecule has 3 nitrogen and oxygen atoms in total. The van der Waals surface area contributed by atoms with Crippen LogP contribution < -0.4 is 0 Å². The van der Waals surface area contributed by atoms with E-state index in [-0.39, 0.29) is 0 Å². The molecule has 2 aliphatic rings. The number of likely N-dealkylation sites (tertiary alicyclic amines) is 1. The maximum atomic E-state index is 6.53. The lowest BCUT2D eigenvalue weighted by Crippen LogP contribution is -2.34. The van der Waals surface area contributed by atoms with Crippen molar-refractivity contribution in [3.63, 3.8) is 0 Å². The monoisotopic (exact) mass is 338 g/mol. The molecule has 3 rings (SSSR count). The van der Waals surface area contributed by atoms with E-state index in [0.717, 1.165) is 22.7 Å². The highest BCUT2D eigenvalue weighted by Crippen LogP contribution is 2.30. The average molecular weight is 339 g/mol. The molecule has 22 heavy (non-hydrogen) atoms. The molecular weight excluding hydrogens is 319 g/mol. The first-order chi connectivity index (χ1) is 10.6. The zero-order valence-electron chi connectivity index (χ0n) is 12.6. The molecule has 0 amide bonds. The second-order valence-electron chi connectivity index (χ2n) is 5.75. The molecule has 1 atom stereocenters. The SMILES string of the molecule is CN1CCC[C@H]1CON1CC=CC(c2ccc(Cl)cc2)=C1Cl. The average Bonchev–Trinajstić information content (AvgIpc) is 2.93. The third-order valence-corrected chi connectivity index (χ3v) is 4.89. The van der Waals surface area contributed by atoms with E-state index >= 15 is 0 Å². The zero-order valence-corrected chi connectivity index (χ0v) is 14.1. The molecule has 118 valence electrons. The number of likely N-dealkylation sites (N-methyl/N-ethyl adjacent to an activating group) is 1. The minimum absolute atomic E-state index is 0.481. The van der Waals surface area contributed by atoms with Crippen molar-refractivity contribution in [2.75, 3.05) is 26.7 Å². The predicted octanol–water partition coefficient (Wildman–Crippen LogP) is 4.15. The second-order valence-corrected chi connectivity index (χ2v) is 6.54. The summed E-state index contributed by atoms with van der Waals surface area (Å²) in [5.41, 5.74) is 2.00. The molecule has 1 aromatic rings. The lowest BCUT2D eigenvalue weighted by atomic mass is 10.1. The van der Waals surface area contributed by atoms with Crippen molar-refractivity contribution in [1.29, 1.82) is 0 Å². The molecule has 1 fully saturated rings. The summed E-state index contributed by atoms with van der Waals surface area (Å²) in [5, 5.41) is 3.13. The van der Waals surface area contributed by atoms with Crippen LogP contribution in [0.25, 0.3) is 5.57 Å². The van der Waals surface area contributed by atoms with Crippen LogP contribution in [0.1, 0.15) is 18.4 Å². The summed E-state index contributed by atoms with van der Waals surface area (Å²) in [6.07, 6.45) is 6.52. The van der Waals surface area contributed by atoms with Gasteiger partial charge in [-0.3, -0.25) is 4.84 Å². The van der Waals surface area contributed by atoms with E-state index in [1.54, 1.807) is 5.06 Å². The minimum Gasteiger partial charge on any atom is -0.301 e. The first-order valence-corrected chi connectivity index (χ1v) is 8.33. The standard InChI is InChI=1S/C17H20Cl2N2O/c1-20-10-2-4-15(20)12-22-21-11-3-5-16(17(21)19)13-6-8-14(18)9-7-13/h3,5-9,15H,2,4,10-12H2,1H3/t15-/m0/s1. The van der Waals surface area contributed by atoms with Crippen molar-refractivity contribution in [3.05, 3.63) is 52.2 Å². The number of hydroxylamine groups is 2. The topological polar surface area (TPSA) is 15.7 Å². The molecule has 0 N–H and O–H groups in total. The third kappa shape index (κ3) is 3.49. The Morgan fingerprint density at radius 3 is 2.68 bits per heavy atom. The van der Waals surface area contributed by atoms with Gasteiger partial charge in [0, 0.05) is 16.6 Å². The number of halogens is 2. The molecule has 0 aromatic heterocycles. The van der Waals surface area contributed by atoms with Crippen LogP contribution in [0.15, 0.2) is 41.6 Å². The highest BCUT2D eigenvalue weighted by Gasteiger charge is 2.23.